The zero-order valence-corrected chi connectivity index (χ0v) is 16.9. The molecule has 1 fully saturated rings. The highest BCUT2D eigenvalue weighted by molar-refractivity contribution is 5.95. The van der Waals surface area contributed by atoms with Crippen molar-refractivity contribution in [3.8, 4) is 0 Å². The third kappa shape index (κ3) is 5.44. The molecule has 1 N–H and O–H groups in total. The zero-order chi connectivity index (χ0) is 19.9. The van der Waals surface area contributed by atoms with Crippen molar-refractivity contribution >= 4 is 11.8 Å². The van der Waals surface area contributed by atoms with Gasteiger partial charge < -0.3 is 10.2 Å². The van der Waals surface area contributed by atoms with Crippen molar-refractivity contribution in [3.05, 3.63) is 70.8 Å². The van der Waals surface area contributed by atoms with Crippen molar-refractivity contribution in [2.45, 2.75) is 39.5 Å². The van der Waals surface area contributed by atoms with Crippen LogP contribution in [0.15, 0.2) is 48.5 Å². The van der Waals surface area contributed by atoms with Crippen molar-refractivity contribution in [2.24, 2.45) is 5.92 Å². The summed E-state index contributed by atoms with van der Waals surface area (Å²) in [6.45, 7) is 5.92. The number of rotatable bonds is 6. The largest absolute Gasteiger partial charge is 0.356 e. The molecule has 0 aliphatic carbocycles. The summed E-state index contributed by atoms with van der Waals surface area (Å²) >= 11 is 0. The number of amides is 2. The van der Waals surface area contributed by atoms with Gasteiger partial charge in [0.05, 0.1) is 5.92 Å². The van der Waals surface area contributed by atoms with E-state index >= 15 is 0 Å². The Kier molecular flexibility index (Phi) is 6.85. The van der Waals surface area contributed by atoms with Gasteiger partial charge in [-0.3, -0.25) is 9.59 Å². The van der Waals surface area contributed by atoms with E-state index in [1.165, 1.54) is 5.56 Å². The number of nitrogens with zero attached hydrogens (tertiary/aromatic N) is 1. The van der Waals surface area contributed by atoms with E-state index in [2.05, 4.69) is 23.5 Å². The molecule has 0 spiro atoms. The van der Waals surface area contributed by atoms with Gasteiger partial charge in [0.2, 0.25) is 5.91 Å². The highest BCUT2D eigenvalue weighted by Crippen LogP contribution is 2.20. The molecule has 3 rings (SSSR count). The van der Waals surface area contributed by atoms with Gasteiger partial charge in [-0.2, -0.15) is 0 Å². The maximum atomic E-state index is 12.9. The SMILES string of the molecule is Cc1cc(C)cc(C(=O)N2CCCC(C(=O)NCCCc3ccccc3)C2)c1. The number of carbonyl (C=O) groups excluding carboxylic acids is 2. The molecule has 4 nitrogen and oxygen atoms in total. The number of likely N-dealkylation sites (tertiary alicyclic amines) is 1. The van der Waals surface area contributed by atoms with Crippen LogP contribution in [0.3, 0.4) is 0 Å². The monoisotopic (exact) mass is 378 g/mol. The summed E-state index contributed by atoms with van der Waals surface area (Å²) < 4.78 is 0. The predicted molar refractivity (Wildman–Crippen MR) is 112 cm³/mol. The normalized spacial score (nSPS) is 16.6. The number of nitrogens with one attached hydrogen (secondary N) is 1. The zero-order valence-electron chi connectivity index (χ0n) is 16.9. The molecule has 0 bridgehead atoms. The Balaban J connectivity index is 1.49. The lowest BCUT2D eigenvalue weighted by Crippen LogP contribution is -2.45. The Morgan fingerprint density at radius 2 is 1.79 bits per heavy atom. The van der Waals surface area contributed by atoms with Crippen molar-refractivity contribution in [2.75, 3.05) is 19.6 Å². The second-order valence-corrected chi connectivity index (χ2v) is 7.85. The number of hydrogen-bond acceptors (Lipinski definition) is 2. The molecule has 0 saturated carbocycles. The van der Waals surface area contributed by atoms with Crippen LogP contribution in [0, 0.1) is 19.8 Å². The molecule has 28 heavy (non-hydrogen) atoms. The molecule has 1 saturated heterocycles. The molecule has 2 aromatic carbocycles. The summed E-state index contributed by atoms with van der Waals surface area (Å²) in [6.07, 6.45) is 3.61. The Labute approximate surface area is 167 Å². The summed E-state index contributed by atoms with van der Waals surface area (Å²) in [5, 5.41) is 3.06. The molecular weight excluding hydrogens is 348 g/mol. The smallest absolute Gasteiger partial charge is 0.253 e. The van der Waals surface area contributed by atoms with Crippen molar-refractivity contribution in [3.63, 3.8) is 0 Å². The maximum absolute atomic E-state index is 12.9. The molecule has 1 aliphatic rings. The first-order valence-corrected chi connectivity index (χ1v) is 10.2. The molecule has 1 atom stereocenters. The number of hydrogen-bond donors (Lipinski definition) is 1. The molecule has 148 valence electrons. The third-order valence-corrected chi connectivity index (χ3v) is 5.33. The van der Waals surface area contributed by atoms with Gasteiger partial charge >= 0.3 is 0 Å². The van der Waals surface area contributed by atoms with Gasteiger partial charge in [0, 0.05) is 25.2 Å². The second-order valence-electron chi connectivity index (χ2n) is 7.85. The molecule has 4 heteroatoms. The van der Waals surface area contributed by atoms with Crippen LogP contribution in [0.4, 0.5) is 0 Å². The Morgan fingerprint density at radius 3 is 2.50 bits per heavy atom. The first-order valence-electron chi connectivity index (χ1n) is 10.2. The molecule has 1 heterocycles. The van der Waals surface area contributed by atoms with Gasteiger partial charge in [0.15, 0.2) is 0 Å². The Hall–Kier alpha value is -2.62. The van der Waals surface area contributed by atoms with Crippen LogP contribution in [-0.2, 0) is 11.2 Å². The van der Waals surface area contributed by atoms with E-state index in [0.29, 0.717) is 13.1 Å². The molecule has 1 unspecified atom stereocenters. The van der Waals surface area contributed by atoms with Crippen molar-refractivity contribution in [1.82, 2.24) is 10.2 Å². The van der Waals surface area contributed by atoms with Crippen LogP contribution < -0.4 is 5.32 Å². The fourth-order valence-corrected chi connectivity index (χ4v) is 3.95. The number of benzene rings is 2. The minimum absolute atomic E-state index is 0.0355. The van der Waals surface area contributed by atoms with Crippen LogP contribution in [-0.4, -0.2) is 36.3 Å². The van der Waals surface area contributed by atoms with Crippen LogP contribution in [0.25, 0.3) is 0 Å². The van der Waals surface area contributed by atoms with E-state index in [1.54, 1.807) is 0 Å². The van der Waals surface area contributed by atoms with Gasteiger partial charge in [-0.25, -0.2) is 0 Å². The lowest BCUT2D eigenvalue weighted by Gasteiger charge is -2.32. The predicted octanol–water partition coefficient (Wildman–Crippen LogP) is 3.90. The van der Waals surface area contributed by atoms with E-state index < -0.39 is 0 Å². The molecule has 0 aromatic heterocycles. The summed E-state index contributed by atoms with van der Waals surface area (Å²) in [4.78, 5) is 27.3. The summed E-state index contributed by atoms with van der Waals surface area (Å²) in [5.41, 5.74) is 4.20. The minimum atomic E-state index is -0.111. The van der Waals surface area contributed by atoms with E-state index in [0.717, 1.165) is 48.9 Å². The van der Waals surface area contributed by atoms with Gasteiger partial charge in [0.1, 0.15) is 0 Å². The second kappa shape index (κ2) is 9.54. The Morgan fingerprint density at radius 1 is 1.07 bits per heavy atom. The summed E-state index contributed by atoms with van der Waals surface area (Å²) in [6, 6.07) is 16.2. The van der Waals surface area contributed by atoms with Crippen molar-refractivity contribution < 1.29 is 9.59 Å². The lowest BCUT2D eigenvalue weighted by atomic mass is 9.96. The van der Waals surface area contributed by atoms with E-state index in [1.807, 2.05) is 49.1 Å². The standard InChI is InChI=1S/C24H30N2O2/c1-18-14-19(2)16-22(15-18)24(28)26-13-7-11-21(17-26)23(27)25-12-6-10-20-8-4-3-5-9-20/h3-5,8-9,14-16,21H,6-7,10-13,17H2,1-2H3,(H,25,27). The van der Waals surface area contributed by atoms with E-state index in [-0.39, 0.29) is 17.7 Å². The first-order chi connectivity index (χ1) is 13.5. The van der Waals surface area contributed by atoms with Crippen LogP contribution in [0.2, 0.25) is 0 Å². The fourth-order valence-electron chi connectivity index (χ4n) is 3.95. The van der Waals surface area contributed by atoms with E-state index in [9.17, 15) is 9.59 Å². The molecule has 1 aliphatic heterocycles. The molecule has 0 radical (unpaired) electrons. The third-order valence-electron chi connectivity index (χ3n) is 5.33. The Bertz CT molecular complexity index is 796. The molecule has 2 aromatic rings. The highest BCUT2D eigenvalue weighted by Gasteiger charge is 2.28. The fraction of sp³-hybridized carbons (Fsp3) is 0.417. The number of piperidine rings is 1. The van der Waals surface area contributed by atoms with Gasteiger partial charge in [0.25, 0.3) is 5.91 Å². The maximum Gasteiger partial charge on any atom is 0.253 e. The van der Waals surface area contributed by atoms with Crippen molar-refractivity contribution in [1.29, 1.82) is 0 Å². The summed E-state index contributed by atoms with van der Waals surface area (Å²) in [5.74, 6) is -0.000284. The van der Waals surface area contributed by atoms with Gasteiger partial charge in [-0.1, -0.05) is 47.5 Å². The van der Waals surface area contributed by atoms with Crippen LogP contribution in [0.5, 0.6) is 0 Å². The average molecular weight is 379 g/mol. The van der Waals surface area contributed by atoms with Crippen LogP contribution in [0.1, 0.15) is 46.3 Å². The average Bonchev–Trinajstić information content (AvgIpc) is 2.70. The molecule has 2 amide bonds. The summed E-state index contributed by atoms with van der Waals surface area (Å²) in [7, 11) is 0. The van der Waals surface area contributed by atoms with Gasteiger partial charge in [-0.15, -0.1) is 0 Å². The van der Waals surface area contributed by atoms with Gasteiger partial charge in [-0.05, 0) is 57.2 Å². The highest BCUT2D eigenvalue weighted by atomic mass is 16.2. The van der Waals surface area contributed by atoms with E-state index in [4.69, 9.17) is 0 Å². The quantitative estimate of drug-likeness (QED) is 0.775. The topological polar surface area (TPSA) is 49.4 Å². The van der Waals surface area contributed by atoms with Crippen LogP contribution >= 0.6 is 0 Å². The number of aryl methyl sites for hydroxylation is 3. The molecular formula is C24H30N2O2. The first kappa shape index (κ1) is 20.1. The lowest BCUT2D eigenvalue weighted by molar-refractivity contribution is -0.126. The minimum Gasteiger partial charge on any atom is -0.356 e. The number of carbonyl (C=O) groups is 2.